The van der Waals surface area contributed by atoms with E-state index in [1.54, 1.807) is 0 Å². The predicted molar refractivity (Wildman–Crippen MR) is 38.4 cm³/mol. The first-order valence-electron chi connectivity index (χ1n) is 2.95. The van der Waals surface area contributed by atoms with E-state index in [-0.39, 0.29) is 0 Å². The molecule has 0 aliphatic carbocycles. The Hall–Kier alpha value is -0.500. The number of allylic oxidation sites excluding steroid dienone is 1. The summed E-state index contributed by atoms with van der Waals surface area (Å²) in [7, 11) is 1.82. The van der Waals surface area contributed by atoms with Crippen molar-refractivity contribution >= 4 is 0 Å². The quantitative estimate of drug-likeness (QED) is 0.531. The van der Waals surface area contributed by atoms with Crippen LogP contribution in [0, 0.1) is 0 Å². The van der Waals surface area contributed by atoms with Crippen LogP contribution in [-0.2, 0) is 0 Å². The molecule has 50 valence electrons. The van der Waals surface area contributed by atoms with Gasteiger partial charge < -0.3 is 5.43 Å². The van der Waals surface area contributed by atoms with E-state index in [4.69, 9.17) is 0 Å². The van der Waals surface area contributed by atoms with Crippen LogP contribution >= 0.6 is 0 Å². The van der Waals surface area contributed by atoms with E-state index in [1.165, 1.54) is 0 Å². The van der Waals surface area contributed by atoms with Crippen LogP contribution in [0.15, 0.2) is 12.3 Å². The summed E-state index contributed by atoms with van der Waals surface area (Å²) in [6.07, 6.45) is 3.73. The molecule has 0 spiro atoms. The highest BCUT2D eigenvalue weighted by Gasteiger charge is 1.54. The Morgan fingerprint density at radius 3 is 1.88 bits per heavy atom. The summed E-state index contributed by atoms with van der Waals surface area (Å²) in [6.45, 7) is 5.95. The lowest BCUT2D eigenvalue weighted by atomic mass is 10.7. The fourth-order valence-corrected chi connectivity index (χ4v) is 0.167. The first kappa shape index (κ1) is 10.5. The number of rotatable bonds is 2. The Balaban J connectivity index is 0. The van der Waals surface area contributed by atoms with Crippen LogP contribution in [0.3, 0.4) is 0 Å². The van der Waals surface area contributed by atoms with Crippen LogP contribution in [0.4, 0.5) is 0 Å². The Morgan fingerprint density at radius 1 is 1.25 bits per heavy atom. The molecule has 0 atom stereocenters. The molecule has 0 saturated heterocycles. The molecule has 2 N–H and O–H groups in total. The minimum absolute atomic E-state index is 1.82. The molecular weight excluding hydrogens is 100 g/mol. The number of hydrazine groups is 1. The van der Waals surface area contributed by atoms with Crippen LogP contribution in [0.1, 0.15) is 20.8 Å². The van der Waals surface area contributed by atoms with Gasteiger partial charge in [0.15, 0.2) is 0 Å². The molecule has 0 bridgehead atoms. The number of hydrogen-bond acceptors (Lipinski definition) is 2. The monoisotopic (exact) mass is 116 g/mol. The molecular formula is C6H16N2. The highest BCUT2D eigenvalue weighted by atomic mass is 15.3. The Bertz CT molecular complexity index is 41.8. The molecule has 0 fully saturated rings. The zero-order valence-corrected chi connectivity index (χ0v) is 6.15. The maximum absolute atomic E-state index is 2.77. The summed E-state index contributed by atoms with van der Waals surface area (Å²) in [5, 5.41) is 0. The van der Waals surface area contributed by atoms with Gasteiger partial charge in [0, 0.05) is 13.2 Å². The van der Waals surface area contributed by atoms with Gasteiger partial charge in [-0.3, -0.25) is 0 Å². The molecule has 0 rings (SSSR count). The third kappa shape index (κ3) is 17.8. The molecule has 8 heavy (non-hydrogen) atoms. The van der Waals surface area contributed by atoms with Gasteiger partial charge in [0.1, 0.15) is 0 Å². The summed E-state index contributed by atoms with van der Waals surface area (Å²) in [6, 6.07) is 0. The van der Waals surface area contributed by atoms with Gasteiger partial charge in [0.05, 0.1) is 0 Å². The molecule has 0 saturated carbocycles. The lowest BCUT2D eigenvalue weighted by Gasteiger charge is -1.89. The summed E-state index contributed by atoms with van der Waals surface area (Å²) in [4.78, 5) is 0. The van der Waals surface area contributed by atoms with Crippen LogP contribution in [-0.4, -0.2) is 7.05 Å². The van der Waals surface area contributed by atoms with E-state index in [9.17, 15) is 0 Å². The van der Waals surface area contributed by atoms with E-state index in [1.807, 2.05) is 40.1 Å². The molecule has 0 aliphatic heterocycles. The van der Waals surface area contributed by atoms with Crippen molar-refractivity contribution in [1.82, 2.24) is 10.9 Å². The van der Waals surface area contributed by atoms with Crippen molar-refractivity contribution in [2.75, 3.05) is 7.05 Å². The first-order chi connectivity index (χ1) is 3.91. The SMILES string of the molecule is C/C=C\NNC.CC. The van der Waals surface area contributed by atoms with Crippen molar-refractivity contribution in [2.45, 2.75) is 20.8 Å². The van der Waals surface area contributed by atoms with Gasteiger partial charge in [0.2, 0.25) is 0 Å². The van der Waals surface area contributed by atoms with Gasteiger partial charge in [-0.05, 0) is 6.92 Å². The predicted octanol–water partition coefficient (Wildman–Crippen LogP) is 1.27. The average molecular weight is 116 g/mol. The zero-order chi connectivity index (χ0) is 6.83. The van der Waals surface area contributed by atoms with Crippen molar-refractivity contribution in [2.24, 2.45) is 0 Å². The van der Waals surface area contributed by atoms with Crippen LogP contribution in [0.2, 0.25) is 0 Å². The fraction of sp³-hybridized carbons (Fsp3) is 0.667. The minimum Gasteiger partial charge on any atom is -0.329 e. The summed E-state index contributed by atoms with van der Waals surface area (Å²) >= 11 is 0. The molecule has 0 aliphatic rings. The van der Waals surface area contributed by atoms with Gasteiger partial charge in [-0.15, -0.1) is 0 Å². The Kier molecular flexibility index (Phi) is 21.0. The first-order valence-corrected chi connectivity index (χ1v) is 2.95. The van der Waals surface area contributed by atoms with Gasteiger partial charge in [-0.1, -0.05) is 19.9 Å². The lowest BCUT2D eigenvalue weighted by molar-refractivity contribution is 0.730. The van der Waals surface area contributed by atoms with E-state index >= 15 is 0 Å². The summed E-state index contributed by atoms with van der Waals surface area (Å²) in [5.74, 6) is 0. The fourth-order valence-electron chi connectivity index (χ4n) is 0.167. The third-order valence-corrected chi connectivity index (χ3v) is 0.394. The second-order valence-electron chi connectivity index (χ2n) is 0.894. The smallest absolute Gasteiger partial charge is 0.00822 e. The molecule has 0 heterocycles. The van der Waals surface area contributed by atoms with E-state index in [2.05, 4.69) is 10.9 Å². The third-order valence-electron chi connectivity index (χ3n) is 0.394. The molecule has 0 amide bonds. The highest BCUT2D eigenvalue weighted by Crippen LogP contribution is 1.53. The minimum atomic E-state index is 1.82. The largest absolute Gasteiger partial charge is 0.329 e. The normalized spacial score (nSPS) is 8.00. The summed E-state index contributed by atoms with van der Waals surface area (Å²) in [5.41, 5.74) is 5.50. The average Bonchev–Trinajstić information content (AvgIpc) is 1.88. The van der Waals surface area contributed by atoms with Crippen molar-refractivity contribution in [1.29, 1.82) is 0 Å². The van der Waals surface area contributed by atoms with Crippen molar-refractivity contribution in [3.05, 3.63) is 12.3 Å². The van der Waals surface area contributed by atoms with E-state index in [0.717, 1.165) is 0 Å². The maximum atomic E-state index is 2.77. The van der Waals surface area contributed by atoms with Crippen molar-refractivity contribution in [3.63, 3.8) is 0 Å². The summed E-state index contributed by atoms with van der Waals surface area (Å²) < 4.78 is 0. The van der Waals surface area contributed by atoms with Gasteiger partial charge >= 0.3 is 0 Å². The second-order valence-corrected chi connectivity index (χ2v) is 0.894. The van der Waals surface area contributed by atoms with Crippen molar-refractivity contribution in [3.8, 4) is 0 Å². The molecule has 2 heteroatoms. The van der Waals surface area contributed by atoms with Gasteiger partial charge in [0.25, 0.3) is 0 Å². The molecule has 0 aromatic rings. The van der Waals surface area contributed by atoms with Crippen molar-refractivity contribution < 1.29 is 0 Å². The van der Waals surface area contributed by atoms with E-state index < -0.39 is 0 Å². The molecule has 0 radical (unpaired) electrons. The van der Waals surface area contributed by atoms with Crippen LogP contribution in [0.5, 0.6) is 0 Å². The molecule has 0 aromatic heterocycles. The molecule has 0 aromatic carbocycles. The number of nitrogens with one attached hydrogen (secondary N) is 2. The maximum Gasteiger partial charge on any atom is 0.00822 e. The van der Waals surface area contributed by atoms with Crippen LogP contribution in [0.25, 0.3) is 0 Å². The van der Waals surface area contributed by atoms with E-state index in [0.29, 0.717) is 0 Å². The molecule has 0 unspecified atom stereocenters. The Morgan fingerprint density at radius 2 is 1.75 bits per heavy atom. The topological polar surface area (TPSA) is 24.1 Å². The Labute approximate surface area is 52.0 Å². The van der Waals surface area contributed by atoms with Crippen LogP contribution < -0.4 is 10.9 Å². The standard InChI is InChI=1S/C4H10N2.C2H6/c1-3-4-6-5-2;1-2/h3-6H,1-2H3;1-2H3/b4-3-;. The number of hydrogen-bond donors (Lipinski definition) is 2. The lowest BCUT2D eigenvalue weighted by Crippen LogP contribution is -2.20. The van der Waals surface area contributed by atoms with Gasteiger partial charge in [-0.2, -0.15) is 0 Å². The zero-order valence-electron chi connectivity index (χ0n) is 6.15. The molecule has 2 nitrogen and oxygen atoms in total. The highest BCUT2D eigenvalue weighted by molar-refractivity contribution is 4.70. The second kappa shape index (κ2) is 16.1. The van der Waals surface area contributed by atoms with Gasteiger partial charge in [-0.25, -0.2) is 5.43 Å².